The van der Waals surface area contributed by atoms with Crippen molar-refractivity contribution in [2.75, 3.05) is 0 Å². The van der Waals surface area contributed by atoms with Crippen LogP contribution < -0.4 is 5.32 Å². The second kappa shape index (κ2) is 7.19. The first-order valence-corrected chi connectivity index (χ1v) is 7.74. The lowest BCUT2D eigenvalue weighted by molar-refractivity contribution is -0.384. The minimum Gasteiger partial charge on any atom is -0.361 e. The van der Waals surface area contributed by atoms with Gasteiger partial charge >= 0.3 is 0 Å². The highest BCUT2D eigenvalue weighted by atomic mass is 16.6. The lowest BCUT2D eigenvalue weighted by Gasteiger charge is -2.19. The average Bonchev–Trinajstić information content (AvgIpc) is 2.99. The number of rotatable bonds is 5. The Kier molecular flexibility index (Phi) is 4.83. The van der Waals surface area contributed by atoms with E-state index in [-0.39, 0.29) is 10.6 Å². The molecule has 1 aliphatic carbocycles. The van der Waals surface area contributed by atoms with Crippen LogP contribution in [0.3, 0.4) is 0 Å². The summed E-state index contributed by atoms with van der Waals surface area (Å²) < 4.78 is 5.30. The number of hydrogen-bond donors (Lipinski definition) is 1. The minimum absolute atomic E-state index is 0.129. The summed E-state index contributed by atoms with van der Waals surface area (Å²) in [6.45, 7) is 0.614. The summed E-state index contributed by atoms with van der Waals surface area (Å²) in [7, 11) is 0. The summed E-state index contributed by atoms with van der Waals surface area (Å²) >= 11 is 0. The maximum absolute atomic E-state index is 10.8. The molecule has 2 aromatic rings. The van der Waals surface area contributed by atoms with Crippen molar-refractivity contribution in [3.05, 3.63) is 70.1 Å². The van der Waals surface area contributed by atoms with Crippen LogP contribution >= 0.6 is 0 Å². The quantitative estimate of drug-likeness (QED) is 0.518. The lowest BCUT2D eigenvalue weighted by Crippen LogP contribution is -2.29. The molecule has 120 valence electrons. The predicted molar refractivity (Wildman–Crippen MR) is 86.0 cm³/mol. The van der Waals surface area contributed by atoms with Gasteiger partial charge in [-0.1, -0.05) is 29.4 Å². The zero-order valence-corrected chi connectivity index (χ0v) is 12.7. The van der Waals surface area contributed by atoms with Crippen molar-refractivity contribution in [3.8, 4) is 0 Å². The topological polar surface area (TPSA) is 81.2 Å². The number of hydrogen-bond acceptors (Lipinski definition) is 5. The van der Waals surface area contributed by atoms with Gasteiger partial charge in [0.05, 0.1) is 11.1 Å². The number of nitrogens with zero attached hydrogens (tertiary/aromatic N) is 2. The average molecular weight is 313 g/mol. The molecule has 1 N–H and O–H groups in total. The Morgan fingerprint density at radius 1 is 1.30 bits per heavy atom. The SMILES string of the molecule is O=[N+]([O-])c1cccc(CNC2CC=CCC(c3ccno3)C2)c1. The van der Waals surface area contributed by atoms with Crippen LogP contribution in [0, 0.1) is 10.1 Å². The number of aromatic nitrogens is 1. The van der Waals surface area contributed by atoms with Crippen molar-refractivity contribution in [2.24, 2.45) is 0 Å². The fourth-order valence-corrected chi connectivity index (χ4v) is 2.93. The van der Waals surface area contributed by atoms with Crippen LogP contribution in [-0.2, 0) is 6.54 Å². The van der Waals surface area contributed by atoms with Gasteiger partial charge in [0.1, 0.15) is 5.76 Å². The molecule has 0 bridgehead atoms. The molecule has 0 fully saturated rings. The van der Waals surface area contributed by atoms with Crippen molar-refractivity contribution < 1.29 is 9.45 Å². The molecule has 0 spiro atoms. The first-order chi connectivity index (χ1) is 11.2. The maximum Gasteiger partial charge on any atom is 0.269 e. The van der Waals surface area contributed by atoms with E-state index in [4.69, 9.17) is 4.52 Å². The van der Waals surface area contributed by atoms with Gasteiger partial charge < -0.3 is 9.84 Å². The molecule has 23 heavy (non-hydrogen) atoms. The van der Waals surface area contributed by atoms with Crippen LogP contribution in [0.25, 0.3) is 0 Å². The summed E-state index contributed by atoms with van der Waals surface area (Å²) in [5.74, 6) is 1.23. The highest BCUT2D eigenvalue weighted by Gasteiger charge is 2.21. The monoisotopic (exact) mass is 313 g/mol. The van der Waals surface area contributed by atoms with Crippen molar-refractivity contribution in [3.63, 3.8) is 0 Å². The summed E-state index contributed by atoms with van der Waals surface area (Å²) in [5.41, 5.74) is 1.05. The lowest BCUT2D eigenvalue weighted by atomic mass is 9.95. The smallest absolute Gasteiger partial charge is 0.269 e. The van der Waals surface area contributed by atoms with Crippen molar-refractivity contribution in [1.82, 2.24) is 10.5 Å². The third-order valence-corrected chi connectivity index (χ3v) is 4.15. The second-order valence-corrected chi connectivity index (χ2v) is 5.80. The van der Waals surface area contributed by atoms with E-state index in [1.54, 1.807) is 18.3 Å². The maximum atomic E-state index is 10.8. The van der Waals surface area contributed by atoms with E-state index in [9.17, 15) is 10.1 Å². The van der Waals surface area contributed by atoms with E-state index >= 15 is 0 Å². The molecule has 0 radical (unpaired) electrons. The molecular formula is C17H19N3O3. The number of nitro benzene ring substituents is 1. The molecule has 2 unspecified atom stereocenters. The molecule has 3 rings (SSSR count). The van der Waals surface area contributed by atoms with Gasteiger partial charge in [-0.05, 0) is 24.8 Å². The van der Waals surface area contributed by atoms with E-state index in [0.29, 0.717) is 18.5 Å². The molecule has 1 aliphatic rings. The summed E-state index contributed by atoms with van der Waals surface area (Å²) in [5, 5.41) is 18.1. The zero-order chi connectivity index (χ0) is 16.1. The standard InChI is InChI=1S/C17H19N3O3/c21-20(22)16-7-3-4-13(10-16)12-18-15-6-2-1-5-14(11-15)17-8-9-19-23-17/h1-4,7-10,14-15,18H,5-6,11-12H2. The molecule has 0 aliphatic heterocycles. The highest BCUT2D eigenvalue weighted by Crippen LogP contribution is 2.28. The number of benzene rings is 1. The van der Waals surface area contributed by atoms with E-state index < -0.39 is 0 Å². The van der Waals surface area contributed by atoms with Crippen molar-refractivity contribution in [2.45, 2.75) is 37.8 Å². The Labute approximate surface area is 134 Å². The Morgan fingerprint density at radius 3 is 2.96 bits per heavy atom. The van der Waals surface area contributed by atoms with Gasteiger partial charge in [-0.2, -0.15) is 0 Å². The molecule has 0 saturated carbocycles. The summed E-state index contributed by atoms with van der Waals surface area (Å²) in [4.78, 5) is 10.5. The first-order valence-electron chi connectivity index (χ1n) is 7.74. The number of allylic oxidation sites excluding steroid dienone is 1. The third-order valence-electron chi connectivity index (χ3n) is 4.15. The zero-order valence-electron chi connectivity index (χ0n) is 12.7. The molecule has 1 heterocycles. The van der Waals surface area contributed by atoms with Gasteiger partial charge in [0.25, 0.3) is 5.69 Å². The summed E-state index contributed by atoms with van der Waals surface area (Å²) in [6, 6.07) is 8.98. The Hall–Kier alpha value is -2.47. The van der Waals surface area contributed by atoms with E-state index in [1.807, 2.05) is 12.1 Å². The normalized spacial score (nSPS) is 21.0. The Bertz CT molecular complexity index is 682. The Morgan fingerprint density at radius 2 is 2.17 bits per heavy atom. The first kappa shape index (κ1) is 15.4. The molecule has 0 saturated heterocycles. The van der Waals surface area contributed by atoms with Crippen LogP contribution in [0.15, 0.2) is 53.2 Å². The fourth-order valence-electron chi connectivity index (χ4n) is 2.93. The minimum atomic E-state index is -0.363. The Balaban J connectivity index is 1.62. The number of nitro groups is 1. The van der Waals surface area contributed by atoms with Crippen LogP contribution in [0.4, 0.5) is 5.69 Å². The van der Waals surface area contributed by atoms with Gasteiger partial charge in [0, 0.05) is 36.7 Å². The van der Waals surface area contributed by atoms with Crippen LogP contribution in [-0.4, -0.2) is 16.1 Å². The predicted octanol–water partition coefficient (Wildman–Crippen LogP) is 3.56. The molecule has 0 amide bonds. The third kappa shape index (κ3) is 4.04. The molecular weight excluding hydrogens is 294 g/mol. The molecule has 2 atom stereocenters. The largest absolute Gasteiger partial charge is 0.361 e. The van der Waals surface area contributed by atoms with Gasteiger partial charge in [-0.25, -0.2) is 0 Å². The number of non-ortho nitro benzene ring substituents is 1. The van der Waals surface area contributed by atoms with Crippen LogP contribution in [0.5, 0.6) is 0 Å². The number of nitrogens with one attached hydrogen (secondary N) is 1. The summed E-state index contributed by atoms with van der Waals surface area (Å²) in [6.07, 6.45) is 8.89. The van der Waals surface area contributed by atoms with Gasteiger partial charge in [-0.3, -0.25) is 10.1 Å². The van der Waals surface area contributed by atoms with Crippen LogP contribution in [0.1, 0.15) is 36.5 Å². The highest BCUT2D eigenvalue weighted by molar-refractivity contribution is 5.34. The fraction of sp³-hybridized carbons (Fsp3) is 0.353. The molecule has 6 heteroatoms. The molecule has 1 aromatic heterocycles. The van der Waals surface area contributed by atoms with Gasteiger partial charge in [-0.15, -0.1) is 0 Å². The molecule has 1 aromatic carbocycles. The molecule has 6 nitrogen and oxygen atoms in total. The van der Waals surface area contributed by atoms with E-state index in [2.05, 4.69) is 22.6 Å². The van der Waals surface area contributed by atoms with Crippen molar-refractivity contribution >= 4 is 5.69 Å². The van der Waals surface area contributed by atoms with E-state index in [1.165, 1.54) is 6.07 Å². The van der Waals surface area contributed by atoms with Gasteiger partial charge in [0.15, 0.2) is 0 Å². The van der Waals surface area contributed by atoms with E-state index in [0.717, 1.165) is 30.6 Å². The van der Waals surface area contributed by atoms with Crippen LogP contribution in [0.2, 0.25) is 0 Å². The van der Waals surface area contributed by atoms with Gasteiger partial charge in [0.2, 0.25) is 0 Å². The van der Waals surface area contributed by atoms with Crippen molar-refractivity contribution in [1.29, 1.82) is 0 Å². The second-order valence-electron chi connectivity index (χ2n) is 5.80.